The standard InChI is InChI=1S/C8H17N3O2/c1-4-10-7(12)6-11(5-2)8(13)9-3/h4-6H2,1-3H3,(H,9,13)(H,10,12). The normalized spacial score (nSPS) is 9.15. The van der Waals surface area contributed by atoms with Gasteiger partial charge in [0.15, 0.2) is 0 Å². The van der Waals surface area contributed by atoms with Crippen LogP contribution in [0.15, 0.2) is 0 Å². The lowest BCUT2D eigenvalue weighted by molar-refractivity contribution is -0.121. The molecule has 0 aromatic rings. The number of hydrogen-bond donors (Lipinski definition) is 2. The Morgan fingerprint density at radius 2 is 1.92 bits per heavy atom. The lowest BCUT2D eigenvalue weighted by Gasteiger charge is -2.19. The molecule has 0 saturated heterocycles. The summed E-state index contributed by atoms with van der Waals surface area (Å²) in [5.41, 5.74) is 0. The van der Waals surface area contributed by atoms with Crippen molar-refractivity contribution in [3.8, 4) is 0 Å². The van der Waals surface area contributed by atoms with E-state index in [0.29, 0.717) is 13.1 Å². The minimum absolute atomic E-state index is 0.115. The second-order valence-corrected chi connectivity index (χ2v) is 2.52. The molecule has 5 heteroatoms. The van der Waals surface area contributed by atoms with Gasteiger partial charge in [0.1, 0.15) is 6.54 Å². The van der Waals surface area contributed by atoms with Crippen LogP contribution in [-0.4, -0.2) is 43.5 Å². The van der Waals surface area contributed by atoms with Gasteiger partial charge in [-0.05, 0) is 13.8 Å². The zero-order valence-electron chi connectivity index (χ0n) is 8.39. The van der Waals surface area contributed by atoms with Crippen molar-refractivity contribution < 1.29 is 9.59 Å². The molecule has 5 nitrogen and oxygen atoms in total. The van der Waals surface area contributed by atoms with Crippen LogP contribution in [0.1, 0.15) is 13.8 Å². The third-order valence-corrected chi connectivity index (χ3v) is 1.59. The fourth-order valence-electron chi connectivity index (χ4n) is 0.912. The van der Waals surface area contributed by atoms with E-state index in [1.165, 1.54) is 4.90 Å². The molecule has 0 heterocycles. The minimum atomic E-state index is -0.228. The second-order valence-electron chi connectivity index (χ2n) is 2.52. The number of likely N-dealkylation sites (N-methyl/N-ethyl adjacent to an activating group) is 2. The predicted octanol–water partition coefficient (Wildman–Crippen LogP) is -0.216. The molecular formula is C8H17N3O2. The average molecular weight is 187 g/mol. The van der Waals surface area contributed by atoms with Crippen molar-refractivity contribution in [1.82, 2.24) is 15.5 Å². The molecular weight excluding hydrogens is 170 g/mol. The maximum atomic E-state index is 11.1. The quantitative estimate of drug-likeness (QED) is 0.639. The van der Waals surface area contributed by atoms with Crippen molar-refractivity contribution in [1.29, 1.82) is 0 Å². The van der Waals surface area contributed by atoms with E-state index >= 15 is 0 Å². The van der Waals surface area contributed by atoms with Crippen LogP contribution >= 0.6 is 0 Å². The van der Waals surface area contributed by atoms with Crippen LogP contribution in [-0.2, 0) is 4.79 Å². The molecule has 0 aliphatic carbocycles. The summed E-state index contributed by atoms with van der Waals surface area (Å²) in [6.07, 6.45) is 0. The highest BCUT2D eigenvalue weighted by Crippen LogP contribution is 1.87. The van der Waals surface area contributed by atoms with Gasteiger partial charge in [-0.25, -0.2) is 4.79 Å². The lowest BCUT2D eigenvalue weighted by Crippen LogP contribution is -2.44. The predicted molar refractivity (Wildman–Crippen MR) is 50.4 cm³/mol. The first-order valence-corrected chi connectivity index (χ1v) is 4.39. The van der Waals surface area contributed by atoms with Crippen molar-refractivity contribution in [2.75, 3.05) is 26.7 Å². The van der Waals surface area contributed by atoms with E-state index in [4.69, 9.17) is 0 Å². The van der Waals surface area contributed by atoms with Crippen LogP contribution in [0.2, 0.25) is 0 Å². The van der Waals surface area contributed by atoms with E-state index in [9.17, 15) is 9.59 Å². The van der Waals surface area contributed by atoms with Crippen LogP contribution in [0.25, 0.3) is 0 Å². The van der Waals surface area contributed by atoms with Gasteiger partial charge in [0, 0.05) is 20.1 Å². The molecule has 0 aromatic carbocycles. The SMILES string of the molecule is CCNC(=O)CN(CC)C(=O)NC. The zero-order chi connectivity index (χ0) is 10.3. The zero-order valence-corrected chi connectivity index (χ0v) is 8.39. The molecule has 0 unspecified atom stereocenters. The van der Waals surface area contributed by atoms with Gasteiger partial charge in [-0.3, -0.25) is 4.79 Å². The Bertz CT molecular complexity index is 182. The van der Waals surface area contributed by atoms with Crippen molar-refractivity contribution in [2.24, 2.45) is 0 Å². The molecule has 0 rings (SSSR count). The van der Waals surface area contributed by atoms with Crippen LogP contribution in [0.3, 0.4) is 0 Å². The number of urea groups is 1. The third-order valence-electron chi connectivity index (χ3n) is 1.59. The average Bonchev–Trinajstić information content (AvgIpc) is 2.13. The summed E-state index contributed by atoms with van der Waals surface area (Å²) in [5, 5.41) is 5.10. The Hall–Kier alpha value is -1.26. The van der Waals surface area contributed by atoms with Gasteiger partial charge >= 0.3 is 6.03 Å². The number of carbonyl (C=O) groups is 2. The maximum absolute atomic E-state index is 11.1. The summed E-state index contributed by atoms with van der Waals surface area (Å²) in [6.45, 7) is 4.90. The van der Waals surface area contributed by atoms with Crippen LogP contribution in [0, 0.1) is 0 Å². The highest BCUT2D eigenvalue weighted by molar-refractivity contribution is 5.83. The van der Waals surface area contributed by atoms with Gasteiger partial charge in [-0.15, -0.1) is 0 Å². The van der Waals surface area contributed by atoms with Crippen molar-refractivity contribution in [3.63, 3.8) is 0 Å². The second kappa shape index (κ2) is 6.28. The highest BCUT2D eigenvalue weighted by atomic mass is 16.2. The molecule has 0 aliphatic heterocycles. The first-order chi connectivity index (χ1) is 6.15. The lowest BCUT2D eigenvalue weighted by atomic mass is 10.4. The molecule has 0 aliphatic rings. The number of amides is 3. The summed E-state index contributed by atoms with van der Waals surface area (Å²) < 4.78 is 0. The van der Waals surface area contributed by atoms with Crippen LogP contribution < -0.4 is 10.6 Å². The van der Waals surface area contributed by atoms with E-state index in [1.807, 2.05) is 13.8 Å². The summed E-state index contributed by atoms with van der Waals surface area (Å²) in [5.74, 6) is -0.132. The van der Waals surface area contributed by atoms with Gasteiger partial charge in [0.25, 0.3) is 0 Å². The van der Waals surface area contributed by atoms with E-state index < -0.39 is 0 Å². The van der Waals surface area contributed by atoms with Gasteiger partial charge in [0.2, 0.25) is 5.91 Å². The molecule has 0 saturated carbocycles. The number of nitrogens with zero attached hydrogens (tertiary/aromatic N) is 1. The van der Waals surface area contributed by atoms with Gasteiger partial charge in [0.05, 0.1) is 0 Å². The Balaban J connectivity index is 3.97. The van der Waals surface area contributed by atoms with E-state index in [0.717, 1.165) is 0 Å². The minimum Gasteiger partial charge on any atom is -0.355 e. The first kappa shape index (κ1) is 11.7. The van der Waals surface area contributed by atoms with Gasteiger partial charge < -0.3 is 15.5 Å². The first-order valence-electron chi connectivity index (χ1n) is 4.39. The monoisotopic (exact) mass is 187 g/mol. The Kier molecular flexibility index (Phi) is 5.67. The number of nitrogens with one attached hydrogen (secondary N) is 2. The Morgan fingerprint density at radius 1 is 1.31 bits per heavy atom. The summed E-state index contributed by atoms with van der Waals surface area (Å²) in [6, 6.07) is -0.228. The Labute approximate surface area is 78.5 Å². The topological polar surface area (TPSA) is 61.4 Å². The van der Waals surface area contributed by atoms with E-state index in [1.54, 1.807) is 7.05 Å². The number of hydrogen-bond acceptors (Lipinski definition) is 2. The summed E-state index contributed by atoms with van der Waals surface area (Å²) >= 11 is 0. The molecule has 13 heavy (non-hydrogen) atoms. The highest BCUT2D eigenvalue weighted by Gasteiger charge is 2.12. The summed E-state index contributed by atoms with van der Waals surface area (Å²) in [4.78, 5) is 23.7. The van der Waals surface area contributed by atoms with E-state index in [2.05, 4.69) is 10.6 Å². The van der Waals surface area contributed by atoms with Crippen molar-refractivity contribution in [3.05, 3.63) is 0 Å². The Morgan fingerprint density at radius 3 is 2.31 bits per heavy atom. The van der Waals surface area contributed by atoms with E-state index in [-0.39, 0.29) is 18.5 Å². The van der Waals surface area contributed by atoms with Gasteiger partial charge in [-0.1, -0.05) is 0 Å². The fraction of sp³-hybridized carbons (Fsp3) is 0.750. The van der Waals surface area contributed by atoms with Gasteiger partial charge in [-0.2, -0.15) is 0 Å². The number of carbonyl (C=O) groups excluding carboxylic acids is 2. The molecule has 76 valence electrons. The maximum Gasteiger partial charge on any atom is 0.317 e. The van der Waals surface area contributed by atoms with Crippen molar-refractivity contribution in [2.45, 2.75) is 13.8 Å². The molecule has 0 aromatic heterocycles. The van der Waals surface area contributed by atoms with Crippen LogP contribution in [0.4, 0.5) is 4.79 Å². The smallest absolute Gasteiger partial charge is 0.317 e. The van der Waals surface area contributed by atoms with Crippen LogP contribution in [0.5, 0.6) is 0 Å². The molecule has 0 atom stereocenters. The number of rotatable bonds is 4. The molecule has 0 fully saturated rings. The third kappa shape index (κ3) is 4.35. The largest absolute Gasteiger partial charge is 0.355 e. The fourth-order valence-corrected chi connectivity index (χ4v) is 0.912. The molecule has 0 radical (unpaired) electrons. The molecule has 0 bridgehead atoms. The molecule has 0 spiro atoms. The van der Waals surface area contributed by atoms with Crippen molar-refractivity contribution >= 4 is 11.9 Å². The summed E-state index contributed by atoms with van der Waals surface area (Å²) in [7, 11) is 1.54. The molecule has 3 amide bonds. The molecule has 2 N–H and O–H groups in total.